The SMILES string of the molecule is N#CCC1(CNc2ccc3c(c2)Cc2ccccc2-3)CC1. The van der Waals surface area contributed by atoms with Crippen LogP contribution in [0.3, 0.4) is 0 Å². The minimum Gasteiger partial charge on any atom is -0.384 e. The fourth-order valence-electron chi connectivity index (χ4n) is 3.31. The van der Waals surface area contributed by atoms with Gasteiger partial charge in [0.2, 0.25) is 0 Å². The number of anilines is 1. The highest BCUT2D eigenvalue weighted by atomic mass is 14.9. The van der Waals surface area contributed by atoms with Gasteiger partial charge in [-0.3, -0.25) is 0 Å². The monoisotopic (exact) mass is 274 g/mol. The molecule has 1 N–H and O–H groups in total. The summed E-state index contributed by atoms with van der Waals surface area (Å²) in [5, 5.41) is 12.4. The van der Waals surface area contributed by atoms with E-state index in [-0.39, 0.29) is 5.41 Å². The highest BCUT2D eigenvalue weighted by Crippen LogP contribution is 2.48. The van der Waals surface area contributed by atoms with Crippen molar-refractivity contribution >= 4 is 5.69 Å². The van der Waals surface area contributed by atoms with Gasteiger partial charge in [-0.25, -0.2) is 0 Å². The molecular formula is C19H18N2. The Morgan fingerprint density at radius 2 is 1.86 bits per heavy atom. The lowest BCUT2D eigenvalue weighted by Crippen LogP contribution is -2.14. The maximum Gasteiger partial charge on any atom is 0.0628 e. The van der Waals surface area contributed by atoms with Crippen molar-refractivity contribution in [1.29, 1.82) is 5.26 Å². The van der Waals surface area contributed by atoms with Crippen molar-refractivity contribution in [3.63, 3.8) is 0 Å². The molecule has 0 bridgehead atoms. The van der Waals surface area contributed by atoms with E-state index in [4.69, 9.17) is 5.26 Å². The molecule has 2 nitrogen and oxygen atoms in total. The summed E-state index contributed by atoms with van der Waals surface area (Å²) < 4.78 is 0. The lowest BCUT2D eigenvalue weighted by atomic mass is 10.0. The van der Waals surface area contributed by atoms with Gasteiger partial charge < -0.3 is 5.32 Å². The maximum absolute atomic E-state index is 8.89. The van der Waals surface area contributed by atoms with Crippen LogP contribution in [0.15, 0.2) is 42.5 Å². The average molecular weight is 274 g/mol. The van der Waals surface area contributed by atoms with Crippen LogP contribution < -0.4 is 5.32 Å². The van der Waals surface area contributed by atoms with E-state index in [1.54, 1.807) is 0 Å². The van der Waals surface area contributed by atoms with Crippen LogP contribution in [0.5, 0.6) is 0 Å². The molecule has 2 heteroatoms. The molecule has 2 aromatic rings. The van der Waals surface area contributed by atoms with Crippen LogP contribution in [0, 0.1) is 16.7 Å². The first-order valence-corrected chi connectivity index (χ1v) is 7.62. The van der Waals surface area contributed by atoms with Crippen LogP contribution in [0.4, 0.5) is 5.69 Å². The summed E-state index contributed by atoms with van der Waals surface area (Å²) >= 11 is 0. The molecule has 0 unspecified atom stereocenters. The van der Waals surface area contributed by atoms with Crippen LogP contribution in [0.2, 0.25) is 0 Å². The van der Waals surface area contributed by atoms with Crippen molar-refractivity contribution in [2.45, 2.75) is 25.7 Å². The summed E-state index contributed by atoms with van der Waals surface area (Å²) in [6.45, 7) is 0.923. The quantitative estimate of drug-likeness (QED) is 0.767. The molecule has 0 aliphatic heterocycles. The largest absolute Gasteiger partial charge is 0.384 e. The van der Waals surface area contributed by atoms with Gasteiger partial charge in [0, 0.05) is 24.1 Å². The molecule has 0 heterocycles. The number of hydrogen-bond acceptors (Lipinski definition) is 2. The van der Waals surface area contributed by atoms with E-state index in [9.17, 15) is 0 Å². The van der Waals surface area contributed by atoms with E-state index >= 15 is 0 Å². The van der Waals surface area contributed by atoms with Gasteiger partial charge in [0.15, 0.2) is 0 Å². The van der Waals surface area contributed by atoms with Gasteiger partial charge in [-0.1, -0.05) is 30.3 Å². The zero-order chi connectivity index (χ0) is 14.3. The fourth-order valence-corrected chi connectivity index (χ4v) is 3.31. The molecule has 0 saturated heterocycles. The van der Waals surface area contributed by atoms with E-state index in [1.165, 1.54) is 40.8 Å². The zero-order valence-electron chi connectivity index (χ0n) is 12.0. The third-order valence-corrected chi connectivity index (χ3v) is 4.87. The first-order valence-electron chi connectivity index (χ1n) is 7.62. The summed E-state index contributed by atoms with van der Waals surface area (Å²) in [6.07, 6.45) is 4.08. The van der Waals surface area contributed by atoms with Gasteiger partial charge in [-0.05, 0) is 53.6 Å². The van der Waals surface area contributed by atoms with E-state index in [0.717, 1.165) is 13.0 Å². The van der Waals surface area contributed by atoms with E-state index in [0.29, 0.717) is 6.42 Å². The standard InChI is InChI=1S/C19H18N2/c20-10-9-19(7-8-19)13-21-16-5-6-18-15(12-16)11-14-3-1-2-4-17(14)18/h1-6,12,21H,7-9,11,13H2. The number of fused-ring (bicyclic) bond motifs is 3. The third kappa shape index (κ3) is 2.19. The van der Waals surface area contributed by atoms with Crippen LogP contribution >= 0.6 is 0 Å². The van der Waals surface area contributed by atoms with Crippen molar-refractivity contribution in [3.8, 4) is 17.2 Å². The van der Waals surface area contributed by atoms with Crippen LogP contribution in [0.25, 0.3) is 11.1 Å². The Morgan fingerprint density at radius 1 is 1.05 bits per heavy atom. The highest BCUT2D eigenvalue weighted by Gasteiger charge is 2.42. The molecule has 21 heavy (non-hydrogen) atoms. The Hall–Kier alpha value is -2.27. The molecule has 1 fully saturated rings. The molecule has 0 aromatic heterocycles. The number of nitriles is 1. The molecule has 2 aliphatic carbocycles. The normalized spacial score (nSPS) is 16.7. The van der Waals surface area contributed by atoms with Crippen molar-refractivity contribution < 1.29 is 0 Å². The predicted octanol–water partition coefficient (Wildman–Crippen LogP) is 4.36. The second kappa shape index (κ2) is 4.63. The van der Waals surface area contributed by atoms with Crippen LogP contribution in [0.1, 0.15) is 30.4 Å². The molecule has 2 aliphatic rings. The average Bonchev–Trinajstić information content (AvgIpc) is 3.17. The minimum atomic E-state index is 0.247. The van der Waals surface area contributed by atoms with Gasteiger partial charge in [-0.15, -0.1) is 0 Å². The molecular weight excluding hydrogens is 256 g/mol. The summed E-state index contributed by atoms with van der Waals surface area (Å²) in [5.41, 5.74) is 7.01. The van der Waals surface area contributed by atoms with Crippen molar-refractivity contribution in [2.24, 2.45) is 5.41 Å². The smallest absolute Gasteiger partial charge is 0.0628 e. The molecule has 2 aromatic carbocycles. The highest BCUT2D eigenvalue weighted by molar-refractivity contribution is 5.78. The van der Waals surface area contributed by atoms with Gasteiger partial charge in [0.25, 0.3) is 0 Å². The summed E-state index contributed by atoms with van der Waals surface area (Å²) in [6, 6.07) is 17.6. The molecule has 1 saturated carbocycles. The number of nitrogens with one attached hydrogen (secondary N) is 1. The molecule has 0 amide bonds. The number of hydrogen-bond donors (Lipinski definition) is 1. The Bertz CT molecular complexity index is 735. The Balaban J connectivity index is 1.53. The van der Waals surface area contributed by atoms with E-state index in [1.807, 2.05) is 0 Å². The van der Waals surface area contributed by atoms with Crippen molar-refractivity contribution in [1.82, 2.24) is 0 Å². The van der Waals surface area contributed by atoms with E-state index < -0.39 is 0 Å². The molecule has 0 atom stereocenters. The van der Waals surface area contributed by atoms with Crippen LogP contribution in [-0.4, -0.2) is 6.54 Å². The maximum atomic E-state index is 8.89. The number of benzene rings is 2. The Kier molecular flexibility index (Phi) is 2.75. The molecule has 0 radical (unpaired) electrons. The lowest BCUT2D eigenvalue weighted by molar-refractivity contribution is 0.557. The predicted molar refractivity (Wildman–Crippen MR) is 85.1 cm³/mol. The number of rotatable bonds is 4. The van der Waals surface area contributed by atoms with Crippen molar-refractivity contribution in [3.05, 3.63) is 53.6 Å². The fraction of sp³-hybridized carbons (Fsp3) is 0.316. The minimum absolute atomic E-state index is 0.247. The Labute approximate surface area is 125 Å². The first-order chi connectivity index (χ1) is 10.3. The molecule has 4 rings (SSSR count). The second-order valence-electron chi connectivity index (χ2n) is 6.39. The van der Waals surface area contributed by atoms with Gasteiger partial charge >= 0.3 is 0 Å². The number of nitrogens with zero attached hydrogens (tertiary/aromatic N) is 1. The second-order valence-corrected chi connectivity index (χ2v) is 6.39. The lowest BCUT2D eigenvalue weighted by Gasteiger charge is -2.14. The molecule has 0 spiro atoms. The summed E-state index contributed by atoms with van der Waals surface area (Å²) in [4.78, 5) is 0. The van der Waals surface area contributed by atoms with Gasteiger partial charge in [0.05, 0.1) is 6.07 Å². The topological polar surface area (TPSA) is 35.8 Å². The van der Waals surface area contributed by atoms with Crippen molar-refractivity contribution in [2.75, 3.05) is 11.9 Å². The summed E-state index contributed by atoms with van der Waals surface area (Å²) in [5.74, 6) is 0. The first kappa shape index (κ1) is 12.5. The Morgan fingerprint density at radius 3 is 2.67 bits per heavy atom. The van der Waals surface area contributed by atoms with E-state index in [2.05, 4.69) is 53.9 Å². The van der Waals surface area contributed by atoms with Gasteiger partial charge in [0.1, 0.15) is 0 Å². The summed E-state index contributed by atoms with van der Waals surface area (Å²) in [7, 11) is 0. The third-order valence-electron chi connectivity index (χ3n) is 4.87. The zero-order valence-corrected chi connectivity index (χ0v) is 12.0. The van der Waals surface area contributed by atoms with Gasteiger partial charge in [-0.2, -0.15) is 5.26 Å². The van der Waals surface area contributed by atoms with Crippen LogP contribution in [-0.2, 0) is 6.42 Å². The molecule has 104 valence electrons.